The second kappa shape index (κ2) is 6.89. The van der Waals surface area contributed by atoms with Crippen LogP contribution < -0.4 is 9.47 Å². The summed E-state index contributed by atoms with van der Waals surface area (Å²) in [6, 6.07) is 2.37. The van der Waals surface area contributed by atoms with Crippen LogP contribution in [0.15, 0.2) is 35.5 Å². The minimum atomic E-state index is -4.08. The van der Waals surface area contributed by atoms with Crippen molar-refractivity contribution in [3.05, 3.63) is 42.2 Å². The Bertz CT molecular complexity index is 879. The van der Waals surface area contributed by atoms with Crippen LogP contribution in [-0.4, -0.2) is 49.0 Å². The van der Waals surface area contributed by atoms with Crippen molar-refractivity contribution < 1.29 is 26.7 Å². The first kappa shape index (κ1) is 17.5. The summed E-state index contributed by atoms with van der Waals surface area (Å²) in [7, 11) is -2.67. The van der Waals surface area contributed by atoms with E-state index >= 15 is 0 Å². The Morgan fingerprint density at radius 1 is 1.20 bits per heavy atom. The number of benzene rings is 1. The molecule has 0 N–H and O–H groups in total. The molecule has 0 aliphatic carbocycles. The molecule has 1 unspecified atom stereocenters. The Morgan fingerprint density at radius 2 is 1.92 bits per heavy atom. The van der Waals surface area contributed by atoms with E-state index in [4.69, 9.17) is 9.47 Å². The third-order valence-corrected chi connectivity index (χ3v) is 5.62. The molecule has 0 radical (unpaired) electrons. The molecule has 7 nitrogen and oxygen atoms in total. The van der Waals surface area contributed by atoms with Crippen LogP contribution in [0.5, 0.6) is 11.8 Å². The molecule has 1 aliphatic heterocycles. The maximum atomic E-state index is 13.8. The number of nitrogens with zero attached hydrogens (tertiary/aromatic N) is 3. The molecule has 1 aliphatic rings. The third kappa shape index (κ3) is 3.54. The Hall–Kier alpha value is -2.33. The van der Waals surface area contributed by atoms with Gasteiger partial charge in [0, 0.05) is 25.0 Å². The predicted molar refractivity (Wildman–Crippen MR) is 82.7 cm³/mol. The van der Waals surface area contributed by atoms with Crippen molar-refractivity contribution in [1.29, 1.82) is 0 Å². The molecule has 25 heavy (non-hydrogen) atoms. The van der Waals surface area contributed by atoms with Crippen LogP contribution in [0.3, 0.4) is 0 Å². The molecule has 2 heterocycles. The predicted octanol–water partition coefficient (Wildman–Crippen LogP) is 1.61. The summed E-state index contributed by atoms with van der Waals surface area (Å²) in [5, 5.41) is 0. The topological polar surface area (TPSA) is 81.6 Å². The Balaban J connectivity index is 1.76. The number of methoxy groups -OCH3 is 1. The lowest BCUT2D eigenvalue weighted by atomic mass is 10.3. The van der Waals surface area contributed by atoms with Crippen LogP contribution in [0.25, 0.3) is 0 Å². The lowest BCUT2D eigenvalue weighted by molar-refractivity contribution is 0.194. The van der Waals surface area contributed by atoms with Gasteiger partial charge in [0.25, 0.3) is 11.8 Å². The van der Waals surface area contributed by atoms with E-state index in [1.54, 1.807) is 0 Å². The first-order chi connectivity index (χ1) is 11.9. The van der Waals surface area contributed by atoms with Crippen molar-refractivity contribution in [2.45, 2.75) is 17.4 Å². The molecule has 2 aromatic rings. The van der Waals surface area contributed by atoms with Crippen molar-refractivity contribution in [1.82, 2.24) is 14.3 Å². The van der Waals surface area contributed by atoms with Gasteiger partial charge < -0.3 is 9.47 Å². The van der Waals surface area contributed by atoms with Crippen LogP contribution in [-0.2, 0) is 10.0 Å². The molecular formula is C15H15F2N3O4S. The average Bonchev–Trinajstić information content (AvgIpc) is 3.04. The smallest absolute Gasteiger partial charge is 0.278 e. The summed E-state index contributed by atoms with van der Waals surface area (Å²) in [5.41, 5.74) is 0. The normalized spacial score (nSPS) is 18.3. The fourth-order valence-electron chi connectivity index (χ4n) is 2.53. The standard InChI is InChI=1S/C15H15F2N3O4S/c1-23-14-15(19-6-5-18-14)24-11-4-7-20(9-11)25(21,22)13-3-2-10(16)8-12(13)17/h2-3,5-6,8,11H,4,7,9H2,1H3. The van der Waals surface area contributed by atoms with Crippen molar-refractivity contribution in [3.8, 4) is 11.8 Å². The monoisotopic (exact) mass is 371 g/mol. The Kier molecular flexibility index (Phi) is 4.82. The molecule has 1 aromatic carbocycles. The molecule has 0 amide bonds. The molecule has 0 bridgehead atoms. The van der Waals surface area contributed by atoms with Crippen molar-refractivity contribution >= 4 is 10.0 Å². The maximum absolute atomic E-state index is 13.8. The number of aromatic nitrogens is 2. The fourth-order valence-corrected chi connectivity index (χ4v) is 4.06. The first-order valence-electron chi connectivity index (χ1n) is 7.38. The molecule has 1 atom stereocenters. The number of hydrogen-bond acceptors (Lipinski definition) is 6. The van der Waals surface area contributed by atoms with E-state index in [1.165, 1.54) is 19.5 Å². The summed E-state index contributed by atoms with van der Waals surface area (Å²) in [6.45, 7) is 0.158. The zero-order chi connectivity index (χ0) is 18.0. The number of sulfonamides is 1. The highest BCUT2D eigenvalue weighted by molar-refractivity contribution is 7.89. The van der Waals surface area contributed by atoms with Crippen LogP contribution in [0, 0.1) is 11.6 Å². The van der Waals surface area contributed by atoms with Crippen LogP contribution in [0.2, 0.25) is 0 Å². The van der Waals surface area contributed by atoms with Gasteiger partial charge in [-0.25, -0.2) is 27.2 Å². The molecule has 1 saturated heterocycles. The van der Waals surface area contributed by atoms with Gasteiger partial charge in [-0.2, -0.15) is 4.31 Å². The van der Waals surface area contributed by atoms with E-state index in [0.717, 1.165) is 16.4 Å². The van der Waals surface area contributed by atoms with Gasteiger partial charge in [0.2, 0.25) is 10.0 Å². The van der Waals surface area contributed by atoms with Gasteiger partial charge in [-0.05, 0) is 18.6 Å². The van der Waals surface area contributed by atoms with Gasteiger partial charge in [-0.1, -0.05) is 0 Å². The van der Waals surface area contributed by atoms with E-state index in [1.807, 2.05) is 0 Å². The summed E-state index contributed by atoms with van der Waals surface area (Å²) < 4.78 is 63.7. The van der Waals surface area contributed by atoms with Gasteiger partial charge >= 0.3 is 0 Å². The van der Waals surface area contributed by atoms with Crippen LogP contribution >= 0.6 is 0 Å². The van der Waals surface area contributed by atoms with Crippen molar-refractivity contribution in [2.24, 2.45) is 0 Å². The number of ether oxygens (including phenoxy) is 2. The summed E-state index contributed by atoms with van der Waals surface area (Å²) in [6.07, 6.45) is 2.77. The highest BCUT2D eigenvalue weighted by atomic mass is 32.2. The molecule has 1 aromatic heterocycles. The van der Waals surface area contributed by atoms with E-state index in [-0.39, 0.29) is 24.8 Å². The number of hydrogen-bond donors (Lipinski definition) is 0. The van der Waals surface area contributed by atoms with Gasteiger partial charge in [0.1, 0.15) is 22.6 Å². The first-order valence-corrected chi connectivity index (χ1v) is 8.82. The molecule has 0 saturated carbocycles. The SMILES string of the molecule is COc1nccnc1OC1CCN(S(=O)(=O)c2ccc(F)cc2F)C1. The van der Waals surface area contributed by atoms with E-state index in [9.17, 15) is 17.2 Å². The minimum Gasteiger partial charge on any atom is -0.477 e. The van der Waals surface area contributed by atoms with Crippen molar-refractivity contribution in [3.63, 3.8) is 0 Å². The second-order valence-corrected chi connectivity index (χ2v) is 7.24. The lowest BCUT2D eigenvalue weighted by Crippen LogP contribution is -2.31. The molecule has 10 heteroatoms. The van der Waals surface area contributed by atoms with Crippen molar-refractivity contribution in [2.75, 3.05) is 20.2 Å². The zero-order valence-corrected chi connectivity index (χ0v) is 14.0. The molecular weight excluding hydrogens is 356 g/mol. The van der Waals surface area contributed by atoms with Gasteiger partial charge in [0.05, 0.1) is 13.7 Å². The zero-order valence-electron chi connectivity index (χ0n) is 13.2. The fraction of sp³-hybridized carbons (Fsp3) is 0.333. The maximum Gasteiger partial charge on any atom is 0.278 e. The summed E-state index contributed by atoms with van der Waals surface area (Å²) >= 11 is 0. The highest BCUT2D eigenvalue weighted by Gasteiger charge is 2.35. The van der Waals surface area contributed by atoms with Gasteiger partial charge in [-0.15, -0.1) is 0 Å². The molecule has 1 fully saturated rings. The van der Waals surface area contributed by atoms with E-state index in [0.29, 0.717) is 12.5 Å². The summed E-state index contributed by atoms with van der Waals surface area (Å²) in [5.74, 6) is -1.62. The minimum absolute atomic E-state index is 0.0128. The molecule has 0 spiro atoms. The summed E-state index contributed by atoms with van der Waals surface area (Å²) in [4.78, 5) is 7.39. The third-order valence-electron chi connectivity index (χ3n) is 3.72. The Labute approximate surface area is 143 Å². The molecule has 134 valence electrons. The quantitative estimate of drug-likeness (QED) is 0.794. The molecule has 3 rings (SSSR count). The average molecular weight is 371 g/mol. The lowest BCUT2D eigenvalue weighted by Gasteiger charge is -2.17. The van der Waals surface area contributed by atoms with E-state index in [2.05, 4.69) is 9.97 Å². The Morgan fingerprint density at radius 3 is 2.60 bits per heavy atom. The van der Waals surface area contributed by atoms with Crippen LogP contribution in [0.1, 0.15) is 6.42 Å². The van der Waals surface area contributed by atoms with Gasteiger partial charge in [0.15, 0.2) is 0 Å². The largest absolute Gasteiger partial charge is 0.477 e. The van der Waals surface area contributed by atoms with E-state index < -0.39 is 32.7 Å². The second-order valence-electron chi connectivity index (χ2n) is 5.34. The number of rotatable bonds is 5. The van der Waals surface area contributed by atoms with Crippen LogP contribution in [0.4, 0.5) is 8.78 Å². The van der Waals surface area contributed by atoms with Gasteiger partial charge in [-0.3, -0.25) is 0 Å². The highest BCUT2D eigenvalue weighted by Crippen LogP contribution is 2.27. The number of halogens is 2.